The maximum absolute atomic E-state index is 5.99. The molecule has 0 unspecified atom stereocenters. The summed E-state index contributed by atoms with van der Waals surface area (Å²) >= 11 is 1.95. The normalized spacial score (nSPS) is 15.8. The molecule has 106 valence electrons. The number of pyridine rings is 1. The molecular formula is C12H19IN4OS. The number of aliphatic imine (C=N–C) groups is 1. The minimum Gasteiger partial charge on any atom is -0.481 e. The Hall–Kier alpha value is -0.700. The van der Waals surface area contributed by atoms with Crippen LogP contribution in [-0.4, -0.2) is 47.5 Å². The number of hydrogen-bond donors (Lipinski definition) is 1. The van der Waals surface area contributed by atoms with E-state index in [1.165, 1.54) is 0 Å². The molecule has 1 aliphatic heterocycles. The van der Waals surface area contributed by atoms with E-state index in [1.807, 2.05) is 23.9 Å². The van der Waals surface area contributed by atoms with Gasteiger partial charge in [-0.1, -0.05) is 6.07 Å². The summed E-state index contributed by atoms with van der Waals surface area (Å²) in [4.78, 5) is 10.7. The SMILES string of the molecule is COc1ncccc1CN=C(N)N1CCSCC1.I. The van der Waals surface area contributed by atoms with E-state index >= 15 is 0 Å². The van der Waals surface area contributed by atoms with Crippen molar-refractivity contribution in [2.75, 3.05) is 31.7 Å². The molecule has 5 nitrogen and oxygen atoms in total. The largest absolute Gasteiger partial charge is 0.481 e. The molecule has 0 spiro atoms. The zero-order chi connectivity index (χ0) is 12.8. The molecule has 1 fully saturated rings. The fourth-order valence-corrected chi connectivity index (χ4v) is 2.69. The van der Waals surface area contributed by atoms with Crippen molar-refractivity contribution in [3.63, 3.8) is 0 Å². The van der Waals surface area contributed by atoms with Gasteiger partial charge in [0.1, 0.15) is 0 Å². The lowest BCUT2D eigenvalue weighted by Gasteiger charge is -2.27. The first kappa shape index (κ1) is 16.4. The van der Waals surface area contributed by atoms with E-state index in [0.717, 1.165) is 30.2 Å². The van der Waals surface area contributed by atoms with Crippen LogP contribution in [0.2, 0.25) is 0 Å². The van der Waals surface area contributed by atoms with E-state index in [-0.39, 0.29) is 24.0 Å². The molecule has 1 aromatic rings. The quantitative estimate of drug-likeness (QED) is 0.479. The Balaban J connectivity index is 0.00000180. The summed E-state index contributed by atoms with van der Waals surface area (Å²) in [6, 6.07) is 3.83. The average Bonchev–Trinajstić information content (AvgIpc) is 2.46. The van der Waals surface area contributed by atoms with E-state index in [2.05, 4.69) is 14.9 Å². The molecule has 2 rings (SSSR count). The van der Waals surface area contributed by atoms with Crippen molar-refractivity contribution >= 4 is 41.7 Å². The molecule has 0 bridgehead atoms. The van der Waals surface area contributed by atoms with Crippen molar-refractivity contribution in [2.45, 2.75) is 6.54 Å². The molecule has 1 saturated heterocycles. The molecular weight excluding hydrogens is 375 g/mol. The number of halogens is 1. The highest BCUT2D eigenvalue weighted by atomic mass is 127. The second kappa shape index (κ2) is 8.47. The Labute approximate surface area is 135 Å². The summed E-state index contributed by atoms with van der Waals surface area (Å²) < 4.78 is 5.18. The number of ether oxygens (including phenoxy) is 1. The number of aromatic nitrogens is 1. The molecule has 2 N–H and O–H groups in total. The van der Waals surface area contributed by atoms with Gasteiger partial charge < -0.3 is 15.4 Å². The van der Waals surface area contributed by atoms with Crippen LogP contribution in [0.15, 0.2) is 23.3 Å². The van der Waals surface area contributed by atoms with E-state index in [1.54, 1.807) is 13.3 Å². The highest BCUT2D eigenvalue weighted by Crippen LogP contribution is 2.15. The van der Waals surface area contributed by atoms with Crippen molar-refractivity contribution in [3.05, 3.63) is 23.9 Å². The third-order valence-corrected chi connectivity index (χ3v) is 3.73. The first-order valence-electron chi connectivity index (χ1n) is 5.91. The standard InChI is InChI=1S/C12H18N4OS.HI/c1-17-11-10(3-2-4-14-11)9-15-12(13)16-5-7-18-8-6-16;/h2-4H,5-9H2,1H3,(H2,13,15);1H. The van der Waals surface area contributed by atoms with Crippen molar-refractivity contribution in [1.29, 1.82) is 0 Å². The molecule has 19 heavy (non-hydrogen) atoms. The average molecular weight is 394 g/mol. The Morgan fingerprint density at radius 3 is 2.95 bits per heavy atom. The van der Waals surface area contributed by atoms with Gasteiger partial charge in [0, 0.05) is 36.4 Å². The van der Waals surface area contributed by atoms with Crippen LogP contribution < -0.4 is 10.5 Å². The van der Waals surface area contributed by atoms with Crippen molar-refractivity contribution in [3.8, 4) is 5.88 Å². The van der Waals surface area contributed by atoms with Crippen LogP contribution in [0.5, 0.6) is 5.88 Å². The van der Waals surface area contributed by atoms with Crippen LogP contribution >= 0.6 is 35.7 Å². The van der Waals surface area contributed by atoms with E-state index in [9.17, 15) is 0 Å². The predicted octanol–water partition coefficient (Wildman–Crippen LogP) is 1.57. The van der Waals surface area contributed by atoms with Crippen molar-refractivity contribution < 1.29 is 4.74 Å². The zero-order valence-corrected chi connectivity index (χ0v) is 14.1. The number of thioether (sulfide) groups is 1. The van der Waals surface area contributed by atoms with Gasteiger partial charge in [0.25, 0.3) is 0 Å². The topological polar surface area (TPSA) is 63.7 Å². The summed E-state index contributed by atoms with van der Waals surface area (Å²) in [6.07, 6.45) is 1.71. The van der Waals surface area contributed by atoms with Crippen molar-refractivity contribution in [2.24, 2.45) is 10.7 Å². The second-order valence-electron chi connectivity index (χ2n) is 3.95. The Morgan fingerprint density at radius 1 is 1.53 bits per heavy atom. The molecule has 0 atom stereocenters. The molecule has 1 aromatic heterocycles. The lowest BCUT2D eigenvalue weighted by atomic mass is 10.3. The zero-order valence-electron chi connectivity index (χ0n) is 10.9. The second-order valence-corrected chi connectivity index (χ2v) is 5.17. The summed E-state index contributed by atoms with van der Waals surface area (Å²) in [7, 11) is 1.61. The summed E-state index contributed by atoms with van der Waals surface area (Å²) in [6.45, 7) is 2.46. The molecule has 0 radical (unpaired) electrons. The summed E-state index contributed by atoms with van der Waals surface area (Å²) in [5, 5.41) is 0. The van der Waals surface area contributed by atoms with E-state index < -0.39 is 0 Å². The third kappa shape index (κ3) is 4.72. The van der Waals surface area contributed by atoms with E-state index in [4.69, 9.17) is 10.5 Å². The number of hydrogen-bond acceptors (Lipinski definition) is 4. The van der Waals surface area contributed by atoms with Crippen LogP contribution in [0.25, 0.3) is 0 Å². The van der Waals surface area contributed by atoms with Crippen LogP contribution in [0.4, 0.5) is 0 Å². The van der Waals surface area contributed by atoms with Gasteiger partial charge in [0.15, 0.2) is 5.96 Å². The maximum Gasteiger partial charge on any atom is 0.218 e. The Morgan fingerprint density at radius 2 is 2.26 bits per heavy atom. The lowest BCUT2D eigenvalue weighted by molar-refractivity contribution is 0.392. The van der Waals surface area contributed by atoms with Gasteiger partial charge >= 0.3 is 0 Å². The monoisotopic (exact) mass is 394 g/mol. The van der Waals surface area contributed by atoms with Crippen LogP contribution in [0, 0.1) is 0 Å². The Bertz CT molecular complexity index is 424. The van der Waals surface area contributed by atoms with Gasteiger partial charge in [0.05, 0.1) is 13.7 Å². The highest BCUT2D eigenvalue weighted by molar-refractivity contribution is 14.0. The Kier molecular flexibility index (Phi) is 7.29. The van der Waals surface area contributed by atoms with Crippen LogP contribution in [0.3, 0.4) is 0 Å². The fourth-order valence-electron chi connectivity index (χ4n) is 1.79. The minimum absolute atomic E-state index is 0. The number of rotatable bonds is 3. The summed E-state index contributed by atoms with van der Waals surface area (Å²) in [5.41, 5.74) is 6.95. The maximum atomic E-state index is 5.99. The van der Waals surface area contributed by atoms with Crippen LogP contribution in [0.1, 0.15) is 5.56 Å². The van der Waals surface area contributed by atoms with Gasteiger partial charge in [-0.3, -0.25) is 0 Å². The number of guanidine groups is 1. The van der Waals surface area contributed by atoms with E-state index in [0.29, 0.717) is 18.4 Å². The van der Waals surface area contributed by atoms with Gasteiger partial charge in [-0.05, 0) is 6.07 Å². The molecule has 1 aliphatic rings. The highest BCUT2D eigenvalue weighted by Gasteiger charge is 2.12. The van der Waals surface area contributed by atoms with Gasteiger partial charge in [0.2, 0.25) is 5.88 Å². The predicted molar refractivity (Wildman–Crippen MR) is 90.4 cm³/mol. The number of nitrogens with zero attached hydrogens (tertiary/aromatic N) is 3. The molecule has 0 aromatic carbocycles. The van der Waals surface area contributed by atoms with Gasteiger partial charge in [-0.2, -0.15) is 11.8 Å². The smallest absolute Gasteiger partial charge is 0.218 e. The van der Waals surface area contributed by atoms with Gasteiger partial charge in [-0.15, -0.1) is 24.0 Å². The minimum atomic E-state index is 0. The lowest BCUT2D eigenvalue weighted by Crippen LogP contribution is -2.42. The number of nitrogens with two attached hydrogens (primary N) is 1. The van der Waals surface area contributed by atoms with Crippen LogP contribution in [-0.2, 0) is 6.54 Å². The molecule has 7 heteroatoms. The van der Waals surface area contributed by atoms with Crippen molar-refractivity contribution in [1.82, 2.24) is 9.88 Å². The first-order chi connectivity index (χ1) is 8.81. The molecule has 2 heterocycles. The first-order valence-corrected chi connectivity index (χ1v) is 7.07. The molecule has 0 aliphatic carbocycles. The summed E-state index contributed by atoms with van der Waals surface area (Å²) in [5.74, 6) is 3.46. The molecule has 0 amide bonds. The third-order valence-electron chi connectivity index (χ3n) is 2.79. The fraction of sp³-hybridized carbons (Fsp3) is 0.500. The number of methoxy groups -OCH3 is 1. The van der Waals surface area contributed by atoms with Gasteiger partial charge in [-0.25, -0.2) is 9.98 Å². The molecule has 0 saturated carbocycles.